The highest BCUT2D eigenvalue weighted by atomic mass is 35.5. The Morgan fingerprint density at radius 2 is 2.09 bits per heavy atom. The number of hydrogen-bond acceptors (Lipinski definition) is 6. The molecule has 1 amide bonds. The summed E-state index contributed by atoms with van der Waals surface area (Å²) >= 11 is 6.06. The normalized spacial score (nSPS) is 23.8. The number of methoxy groups -OCH3 is 1. The van der Waals surface area contributed by atoms with Gasteiger partial charge in [0.2, 0.25) is 0 Å². The molecule has 3 atom stereocenters. The summed E-state index contributed by atoms with van der Waals surface area (Å²) in [4.78, 5) is 14.2. The highest BCUT2D eigenvalue weighted by Crippen LogP contribution is 2.47. The topological polar surface area (TPSA) is 88.0 Å². The molecule has 0 saturated carbocycles. The van der Waals surface area contributed by atoms with Crippen molar-refractivity contribution in [2.45, 2.75) is 43.3 Å². The first-order chi connectivity index (χ1) is 15.2. The number of carbonyl (C=O) groups is 1. The number of halogens is 3. The molecule has 0 unspecified atom stereocenters. The SMILES string of the molecule is COCOc1cc(Cl)ccc1-c1ccc(N(C)[C@H]2C[C@@H]3CC(F)(F)[C@H](C2)N3C(=O)O)nn1. The van der Waals surface area contributed by atoms with Crippen molar-refractivity contribution in [1.82, 2.24) is 15.1 Å². The number of rotatable bonds is 6. The van der Waals surface area contributed by atoms with Gasteiger partial charge in [-0.1, -0.05) is 11.6 Å². The smallest absolute Gasteiger partial charge is 0.408 e. The van der Waals surface area contributed by atoms with E-state index in [9.17, 15) is 18.7 Å². The fourth-order valence-corrected chi connectivity index (χ4v) is 4.72. The summed E-state index contributed by atoms with van der Waals surface area (Å²) in [6.45, 7) is 0.0452. The predicted molar refractivity (Wildman–Crippen MR) is 113 cm³/mol. The van der Waals surface area contributed by atoms with Gasteiger partial charge in [0.1, 0.15) is 11.8 Å². The van der Waals surface area contributed by atoms with E-state index >= 15 is 0 Å². The van der Waals surface area contributed by atoms with Gasteiger partial charge < -0.3 is 19.5 Å². The van der Waals surface area contributed by atoms with Crippen LogP contribution in [0.2, 0.25) is 5.02 Å². The van der Waals surface area contributed by atoms with E-state index in [4.69, 9.17) is 21.1 Å². The minimum Gasteiger partial charge on any atom is -0.467 e. The average Bonchev–Trinajstić information content (AvgIpc) is 2.93. The summed E-state index contributed by atoms with van der Waals surface area (Å²) in [5, 5.41) is 18.4. The molecule has 1 aromatic carbocycles. The zero-order valence-corrected chi connectivity index (χ0v) is 18.3. The lowest BCUT2D eigenvalue weighted by Gasteiger charge is -2.41. The summed E-state index contributed by atoms with van der Waals surface area (Å²) in [7, 11) is 3.27. The summed E-state index contributed by atoms with van der Waals surface area (Å²) in [6, 6.07) is 6.34. The lowest BCUT2D eigenvalue weighted by molar-refractivity contribution is -0.0363. The van der Waals surface area contributed by atoms with Gasteiger partial charge in [-0.2, -0.15) is 0 Å². The number of aromatic nitrogens is 2. The molecule has 4 rings (SSSR count). The zero-order valence-electron chi connectivity index (χ0n) is 17.5. The second kappa shape index (κ2) is 8.67. The van der Waals surface area contributed by atoms with Crippen LogP contribution in [0.5, 0.6) is 5.75 Å². The molecule has 11 heteroatoms. The lowest BCUT2D eigenvalue weighted by Crippen LogP contribution is -2.54. The first-order valence-corrected chi connectivity index (χ1v) is 10.5. The Morgan fingerprint density at radius 1 is 1.31 bits per heavy atom. The van der Waals surface area contributed by atoms with Gasteiger partial charge in [0.25, 0.3) is 5.92 Å². The van der Waals surface area contributed by atoms with E-state index in [1.165, 1.54) is 7.11 Å². The molecular weight excluding hydrogens is 446 g/mol. The second-order valence-corrected chi connectivity index (χ2v) is 8.47. The van der Waals surface area contributed by atoms with Crippen LogP contribution >= 0.6 is 11.6 Å². The zero-order chi connectivity index (χ0) is 23.0. The fourth-order valence-electron chi connectivity index (χ4n) is 4.56. The van der Waals surface area contributed by atoms with Crippen LogP contribution in [0, 0.1) is 0 Å². The van der Waals surface area contributed by atoms with Crippen molar-refractivity contribution in [3.05, 3.63) is 35.4 Å². The molecule has 2 aliphatic heterocycles. The van der Waals surface area contributed by atoms with Crippen LogP contribution in [0.1, 0.15) is 19.3 Å². The number of carboxylic acid groups (broad SMARTS) is 1. The van der Waals surface area contributed by atoms with Crippen molar-refractivity contribution in [2.75, 3.05) is 25.9 Å². The Labute approximate surface area is 188 Å². The van der Waals surface area contributed by atoms with Crippen molar-refractivity contribution >= 4 is 23.5 Å². The number of amides is 1. The monoisotopic (exact) mass is 468 g/mol. The first-order valence-electron chi connectivity index (χ1n) is 10.1. The van der Waals surface area contributed by atoms with Crippen LogP contribution < -0.4 is 9.64 Å². The molecule has 2 aromatic rings. The highest BCUT2D eigenvalue weighted by Gasteiger charge is 2.59. The van der Waals surface area contributed by atoms with E-state index in [0.29, 0.717) is 34.3 Å². The summed E-state index contributed by atoms with van der Waals surface area (Å²) in [6.07, 6.45) is -1.40. The third-order valence-electron chi connectivity index (χ3n) is 6.10. The number of anilines is 1. The first kappa shape index (κ1) is 22.5. The van der Waals surface area contributed by atoms with Crippen molar-refractivity contribution in [3.8, 4) is 17.0 Å². The standard InChI is InChI=1S/C21H23ClF2N4O4/c1-27(13-8-14-10-21(23,24)18(9-13)28(14)20(29)30)19-6-5-16(25-26-19)15-4-3-12(22)7-17(15)32-11-31-2/h3-7,13-14,18H,8-11H2,1-2H3,(H,29,30)/t13-,14+,18-/m0/s1. The lowest BCUT2D eigenvalue weighted by atomic mass is 9.96. The quantitative estimate of drug-likeness (QED) is 0.637. The van der Waals surface area contributed by atoms with Crippen molar-refractivity contribution < 1.29 is 28.2 Å². The molecule has 0 spiro atoms. The number of alkyl halides is 2. The van der Waals surface area contributed by atoms with Crippen molar-refractivity contribution in [2.24, 2.45) is 0 Å². The molecule has 1 aromatic heterocycles. The van der Waals surface area contributed by atoms with Gasteiger partial charge in [0.15, 0.2) is 12.6 Å². The Bertz CT molecular complexity index is 994. The number of ether oxygens (including phenoxy) is 2. The van der Waals surface area contributed by atoms with Crippen LogP contribution in [-0.4, -0.2) is 71.3 Å². The maximum absolute atomic E-state index is 14.4. The molecule has 2 fully saturated rings. The number of hydrogen-bond donors (Lipinski definition) is 1. The van der Waals surface area contributed by atoms with E-state index in [0.717, 1.165) is 4.90 Å². The minimum atomic E-state index is -3.03. The van der Waals surface area contributed by atoms with Gasteiger partial charge in [0, 0.05) is 43.2 Å². The van der Waals surface area contributed by atoms with Gasteiger partial charge in [0.05, 0.1) is 5.69 Å². The van der Waals surface area contributed by atoms with Gasteiger partial charge >= 0.3 is 6.09 Å². The molecule has 0 radical (unpaired) electrons. The predicted octanol–water partition coefficient (Wildman–Crippen LogP) is 4.13. The third-order valence-corrected chi connectivity index (χ3v) is 6.33. The number of benzene rings is 1. The average molecular weight is 469 g/mol. The summed E-state index contributed by atoms with van der Waals surface area (Å²) in [5.41, 5.74) is 1.23. The Balaban J connectivity index is 1.53. The number of piperidine rings is 1. The fraction of sp³-hybridized carbons (Fsp3) is 0.476. The third kappa shape index (κ3) is 4.16. The molecule has 8 nitrogen and oxygen atoms in total. The summed E-state index contributed by atoms with van der Waals surface area (Å²) in [5.74, 6) is -2.02. The van der Waals surface area contributed by atoms with Crippen LogP contribution in [-0.2, 0) is 4.74 Å². The molecular formula is C21H23ClF2N4O4. The maximum atomic E-state index is 14.4. The van der Waals surface area contributed by atoms with E-state index in [1.807, 2.05) is 0 Å². The maximum Gasteiger partial charge on any atom is 0.408 e. The largest absolute Gasteiger partial charge is 0.467 e. The highest BCUT2D eigenvalue weighted by molar-refractivity contribution is 6.30. The van der Waals surface area contributed by atoms with Crippen molar-refractivity contribution in [3.63, 3.8) is 0 Å². The van der Waals surface area contributed by atoms with Crippen LogP contribution in [0.4, 0.5) is 19.4 Å². The van der Waals surface area contributed by atoms with Gasteiger partial charge in [-0.15, -0.1) is 10.2 Å². The summed E-state index contributed by atoms with van der Waals surface area (Å²) < 4.78 is 39.2. The van der Waals surface area contributed by atoms with E-state index < -0.39 is 30.5 Å². The minimum absolute atomic E-state index is 0.0297. The van der Waals surface area contributed by atoms with Gasteiger partial charge in [-0.25, -0.2) is 13.6 Å². The Kier molecular flexibility index (Phi) is 6.09. The number of nitrogens with zero attached hydrogens (tertiary/aromatic N) is 4. The van der Waals surface area contributed by atoms with Gasteiger partial charge in [-0.3, -0.25) is 4.90 Å². The molecule has 172 valence electrons. The molecule has 32 heavy (non-hydrogen) atoms. The van der Waals surface area contributed by atoms with E-state index in [2.05, 4.69) is 10.2 Å². The molecule has 0 aliphatic carbocycles. The molecule has 3 heterocycles. The number of fused-ring (bicyclic) bond motifs is 2. The second-order valence-electron chi connectivity index (χ2n) is 8.03. The Morgan fingerprint density at radius 3 is 2.72 bits per heavy atom. The van der Waals surface area contributed by atoms with Crippen LogP contribution in [0.25, 0.3) is 11.3 Å². The molecule has 2 bridgehead atoms. The molecule has 1 N–H and O–H groups in total. The Hall–Kier alpha value is -2.72. The van der Waals surface area contributed by atoms with Crippen LogP contribution in [0.3, 0.4) is 0 Å². The molecule has 2 aliphatic rings. The van der Waals surface area contributed by atoms with Crippen molar-refractivity contribution in [1.29, 1.82) is 0 Å². The molecule has 2 saturated heterocycles. The van der Waals surface area contributed by atoms with E-state index in [-0.39, 0.29) is 19.3 Å². The van der Waals surface area contributed by atoms with Crippen LogP contribution in [0.15, 0.2) is 30.3 Å². The van der Waals surface area contributed by atoms with E-state index in [1.54, 1.807) is 42.3 Å². The van der Waals surface area contributed by atoms with Gasteiger partial charge in [-0.05, 0) is 43.2 Å².